The van der Waals surface area contributed by atoms with Gasteiger partial charge in [0.25, 0.3) is 0 Å². The van der Waals surface area contributed by atoms with E-state index in [0.29, 0.717) is 5.92 Å². The van der Waals surface area contributed by atoms with Crippen molar-refractivity contribution in [2.75, 3.05) is 0 Å². The van der Waals surface area contributed by atoms with Gasteiger partial charge in [-0.15, -0.1) is 0 Å². The summed E-state index contributed by atoms with van der Waals surface area (Å²) in [6.07, 6.45) is 11.6. The fraction of sp³-hybridized carbons (Fsp3) is 0.273. The minimum absolute atomic E-state index is 0.701. The molecular weight excluding hydrogens is 264 g/mol. The maximum absolute atomic E-state index is 4.08. The summed E-state index contributed by atoms with van der Waals surface area (Å²) in [7, 11) is 0. The first kappa shape index (κ1) is 16.3. The van der Waals surface area contributed by atoms with Crippen molar-refractivity contribution >= 4 is 5.57 Å². The largest absolute Gasteiger partial charge is 0.0998 e. The van der Waals surface area contributed by atoms with Crippen molar-refractivity contribution in [1.29, 1.82) is 0 Å². The summed E-state index contributed by atoms with van der Waals surface area (Å²) in [5.41, 5.74) is 7.75. The van der Waals surface area contributed by atoms with Crippen LogP contribution in [0.5, 0.6) is 0 Å². The Morgan fingerprint density at radius 3 is 2.45 bits per heavy atom. The van der Waals surface area contributed by atoms with Crippen LogP contribution in [-0.2, 0) is 6.42 Å². The monoisotopic (exact) mass is 290 g/mol. The Morgan fingerprint density at radius 2 is 1.95 bits per heavy atom. The van der Waals surface area contributed by atoms with Gasteiger partial charge in [-0.25, -0.2) is 0 Å². The van der Waals surface area contributed by atoms with E-state index in [2.05, 4.69) is 57.0 Å². The maximum Gasteiger partial charge on any atom is -0.00695 e. The molecule has 1 saturated carbocycles. The van der Waals surface area contributed by atoms with Crippen LogP contribution in [0.1, 0.15) is 49.3 Å². The molecule has 0 bridgehead atoms. The second-order valence-electron chi connectivity index (χ2n) is 6.08. The highest BCUT2D eigenvalue weighted by molar-refractivity contribution is 5.79. The lowest BCUT2D eigenvalue weighted by molar-refractivity contribution is 1.03. The van der Waals surface area contributed by atoms with E-state index >= 15 is 0 Å². The van der Waals surface area contributed by atoms with E-state index in [-0.39, 0.29) is 0 Å². The minimum Gasteiger partial charge on any atom is -0.0998 e. The average Bonchev–Trinajstić information content (AvgIpc) is 3.32. The van der Waals surface area contributed by atoms with Crippen molar-refractivity contribution in [3.8, 4) is 0 Å². The van der Waals surface area contributed by atoms with Crippen LogP contribution in [0.2, 0.25) is 0 Å². The van der Waals surface area contributed by atoms with Gasteiger partial charge >= 0.3 is 0 Å². The summed E-state index contributed by atoms with van der Waals surface area (Å²) in [5.74, 6) is 0.701. The first-order chi connectivity index (χ1) is 10.6. The number of hydrogen-bond acceptors (Lipinski definition) is 0. The van der Waals surface area contributed by atoms with Gasteiger partial charge in [-0.1, -0.05) is 61.7 Å². The van der Waals surface area contributed by atoms with Gasteiger partial charge in [0.05, 0.1) is 0 Å². The first-order valence-electron chi connectivity index (χ1n) is 8.00. The van der Waals surface area contributed by atoms with Gasteiger partial charge in [-0.3, -0.25) is 0 Å². The lowest BCUT2D eigenvalue weighted by Crippen LogP contribution is -1.99. The van der Waals surface area contributed by atoms with Gasteiger partial charge in [0, 0.05) is 0 Å². The molecule has 114 valence electrons. The molecule has 0 radical (unpaired) electrons. The third-order valence-corrected chi connectivity index (χ3v) is 4.10. The Kier molecular flexibility index (Phi) is 5.38. The van der Waals surface area contributed by atoms with E-state index in [1.54, 1.807) is 0 Å². The van der Waals surface area contributed by atoms with Gasteiger partial charge in [-0.2, -0.15) is 0 Å². The minimum atomic E-state index is 0.701. The summed E-state index contributed by atoms with van der Waals surface area (Å²) < 4.78 is 0. The highest BCUT2D eigenvalue weighted by Gasteiger charge is 2.28. The highest BCUT2D eigenvalue weighted by atomic mass is 14.3. The van der Waals surface area contributed by atoms with Gasteiger partial charge in [0.2, 0.25) is 0 Å². The zero-order chi connectivity index (χ0) is 16.1. The highest BCUT2D eigenvalue weighted by Crippen LogP contribution is 2.45. The van der Waals surface area contributed by atoms with Crippen LogP contribution >= 0.6 is 0 Å². The number of hydrogen-bond donors (Lipinski definition) is 0. The molecule has 22 heavy (non-hydrogen) atoms. The van der Waals surface area contributed by atoms with Crippen LogP contribution in [0.15, 0.2) is 73.4 Å². The van der Waals surface area contributed by atoms with Gasteiger partial charge in [-0.05, 0) is 72.9 Å². The SMILES string of the molecule is C=CC(=C/C)/C=C(\C=C)c1cccc(CC(=C)C)c1C1CC1. The standard InChI is InChI=1S/C22H26/c1-6-17(7-2)15-18(8-3)21-11-9-10-20(14-16(4)5)22(21)19-12-13-19/h6-11,15,19H,1,3-4,12-14H2,2,5H3/b17-7-,18-15+. The molecule has 0 heteroatoms. The average molecular weight is 290 g/mol. The Hall–Kier alpha value is -2.08. The fourth-order valence-corrected chi connectivity index (χ4v) is 2.88. The molecular formula is C22H26. The molecule has 0 N–H and O–H groups in total. The predicted molar refractivity (Wildman–Crippen MR) is 99.1 cm³/mol. The first-order valence-corrected chi connectivity index (χ1v) is 8.00. The number of allylic oxidation sites excluding steroid dienone is 7. The lowest BCUT2D eigenvalue weighted by atomic mass is 9.89. The molecule has 0 aromatic heterocycles. The topological polar surface area (TPSA) is 0 Å². The van der Waals surface area contributed by atoms with E-state index in [1.807, 2.05) is 19.1 Å². The summed E-state index contributed by atoms with van der Waals surface area (Å²) in [6, 6.07) is 6.62. The second kappa shape index (κ2) is 7.26. The molecule has 1 aromatic rings. The smallest absolute Gasteiger partial charge is 0.00695 e. The third kappa shape index (κ3) is 3.76. The predicted octanol–water partition coefficient (Wildman–Crippen LogP) is 6.38. The van der Waals surface area contributed by atoms with E-state index in [4.69, 9.17) is 0 Å². The molecule has 0 aliphatic heterocycles. The second-order valence-corrected chi connectivity index (χ2v) is 6.08. The Labute approximate surface area is 135 Å². The van der Waals surface area contributed by atoms with Crippen molar-refractivity contribution in [2.45, 2.75) is 39.0 Å². The quantitative estimate of drug-likeness (QED) is 0.403. The van der Waals surface area contributed by atoms with Crippen LogP contribution in [-0.4, -0.2) is 0 Å². The van der Waals surface area contributed by atoms with Crippen LogP contribution in [0, 0.1) is 0 Å². The molecule has 0 nitrogen and oxygen atoms in total. The van der Waals surface area contributed by atoms with Crippen LogP contribution < -0.4 is 0 Å². The fourth-order valence-electron chi connectivity index (χ4n) is 2.88. The maximum atomic E-state index is 4.08. The number of benzene rings is 1. The molecule has 0 amide bonds. The lowest BCUT2D eigenvalue weighted by Gasteiger charge is -2.16. The molecule has 0 saturated heterocycles. The molecule has 1 aromatic carbocycles. The molecule has 2 rings (SSSR count). The molecule has 0 atom stereocenters. The summed E-state index contributed by atoms with van der Waals surface area (Å²) in [6.45, 7) is 16.1. The van der Waals surface area contributed by atoms with Crippen molar-refractivity contribution in [3.63, 3.8) is 0 Å². The zero-order valence-corrected chi connectivity index (χ0v) is 13.9. The van der Waals surface area contributed by atoms with E-state index in [9.17, 15) is 0 Å². The summed E-state index contributed by atoms with van der Waals surface area (Å²) >= 11 is 0. The van der Waals surface area contributed by atoms with Crippen molar-refractivity contribution in [1.82, 2.24) is 0 Å². The normalized spacial score (nSPS) is 15.5. The van der Waals surface area contributed by atoms with E-state index < -0.39 is 0 Å². The Balaban J connectivity index is 2.55. The molecule has 1 aliphatic rings. The van der Waals surface area contributed by atoms with E-state index in [1.165, 1.54) is 40.7 Å². The van der Waals surface area contributed by atoms with E-state index in [0.717, 1.165) is 12.0 Å². The third-order valence-electron chi connectivity index (χ3n) is 4.10. The summed E-state index contributed by atoms with van der Waals surface area (Å²) in [5, 5.41) is 0. The van der Waals surface area contributed by atoms with Gasteiger partial charge in [0.15, 0.2) is 0 Å². The van der Waals surface area contributed by atoms with Gasteiger partial charge < -0.3 is 0 Å². The van der Waals surface area contributed by atoms with Crippen LogP contribution in [0.3, 0.4) is 0 Å². The zero-order valence-electron chi connectivity index (χ0n) is 13.9. The van der Waals surface area contributed by atoms with Crippen molar-refractivity contribution < 1.29 is 0 Å². The molecule has 0 spiro atoms. The van der Waals surface area contributed by atoms with Crippen LogP contribution in [0.4, 0.5) is 0 Å². The van der Waals surface area contributed by atoms with Crippen molar-refractivity contribution in [3.05, 3.63) is 90.1 Å². The summed E-state index contributed by atoms with van der Waals surface area (Å²) in [4.78, 5) is 0. The molecule has 0 heterocycles. The number of rotatable bonds is 7. The van der Waals surface area contributed by atoms with Crippen molar-refractivity contribution in [2.24, 2.45) is 0 Å². The molecule has 0 unspecified atom stereocenters. The van der Waals surface area contributed by atoms with Crippen LogP contribution in [0.25, 0.3) is 5.57 Å². The molecule has 1 aliphatic carbocycles. The Morgan fingerprint density at radius 1 is 1.23 bits per heavy atom. The van der Waals surface area contributed by atoms with Gasteiger partial charge in [0.1, 0.15) is 0 Å². The molecule has 1 fully saturated rings. The Bertz CT molecular complexity index is 649.